The zero-order chi connectivity index (χ0) is 24.2. The number of rotatable bonds is 8. The molecule has 0 saturated heterocycles. The van der Waals surface area contributed by atoms with Gasteiger partial charge in [-0.3, -0.25) is 0 Å². The SMILES string of the molecule is COc1ccc(Cc2nc(N=[N+]=[N-])n(C)c2Cc2ccc(O[Si](C)(C)C(C)(C)C)cc2)cc1. The van der Waals surface area contributed by atoms with Crippen molar-refractivity contribution in [3.8, 4) is 11.5 Å². The molecule has 0 fully saturated rings. The van der Waals surface area contributed by atoms with E-state index in [4.69, 9.17) is 14.7 Å². The van der Waals surface area contributed by atoms with Gasteiger partial charge in [0.15, 0.2) is 5.95 Å². The van der Waals surface area contributed by atoms with Gasteiger partial charge in [-0.2, -0.15) is 0 Å². The number of nitrogens with zero attached hydrogens (tertiary/aromatic N) is 5. The fourth-order valence-corrected chi connectivity index (χ4v) is 4.35. The van der Waals surface area contributed by atoms with Crippen molar-refractivity contribution < 1.29 is 9.16 Å². The van der Waals surface area contributed by atoms with Crippen molar-refractivity contribution in [2.45, 2.75) is 51.7 Å². The van der Waals surface area contributed by atoms with E-state index in [0.29, 0.717) is 18.8 Å². The first-order valence-electron chi connectivity index (χ1n) is 11.0. The summed E-state index contributed by atoms with van der Waals surface area (Å²) in [5.74, 6) is 2.09. The van der Waals surface area contributed by atoms with Crippen molar-refractivity contribution in [2.24, 2.45) is 12.2 Å². The fraction of sp³-hybridized carbons (Fsp3) is 0.400. The number of imidazole rings is 1. The van der Waals surface area contributed by atoms with E-state index in [1.165, 1.54) is 0 Å². The third-order valence-corrected chi connectivity index (χ3v) is 10.8. The van der Waals surface area contributed by atoms with E-state index in [0.717, 1.165) is 34.0 Å². The molecule has 2 aromatic carbocycles. The Bertz CT molecular complexity index is 1140. The molecule has 174 valence electrons. The molecule has 0 saturated carbocycles. The first kappa shape index (κ1) is 24.4. The minimum Gasteiger partial charge on any atom is -0.544 e. The maximum atomic E-state index is 8.94. The van der Waals surface area contributed by atoms with Crippen LogP contribution < -0.4 is 9.16 Å². The van der Waals surface area contributed by atoms with Crippen LogP contribution >= 0.6 is 0 Å². The average Bonchev–Trinajstić information content (AvgIpc) is 3.04. The second-order valence-electron chi connectivity index (χ2n) is 9.76. The second kappa shape index (κ2) is 9.73. The molecule has 0 amide bonds. The highest BCUT2D eigenvalue weighted by Crippen LogP contribution is 2.37. The molecule has 8 heteroatoms. The van der Waals surface area contributed by atoms with Gasteiger partial charge >= 0.3 is 0 Å². The highest BCUT2D eigenvalue weighted by molar-refractivity contribution is 6.74. The summed E-state index contributed by atoms with van der Waals surface area (Å²) in [7, 11) is 1.66. The highest BCUT2D eigenvalue weighted by atomic mass is 28.4. The van der Waals surface area contributed by atoms with Crippen LogP contribution in [0.2, 0.25) is 18.1 Å². The smallest absolute Gasteiger partial charge is 0.250 e. The molecular formula is C25H33N5O2Si. The maximum absolute atomic E-state index is 8.94. The normalized spacial score (nSPS) is 11.7. The van der Waals surface area contributed by atoms with Crippen molar-refractivity contribution >= 4 is 14.3 Å². The van der Waals surface area contributed by atoms with Crippen LogP contribution in [-0.2, 0) is 19.9 Å². The second-order valence-corrected chi connectivity index (χ2v) is 14.5. The Morgan fingerprint density at radius 3 is 2.03 bits per heavy atom. The van der Waals surface area contributed by atoms with Crippen molar-refractivity contribution in [2.75, 3.05) is 7.11 Å². The third kappa shape index (κ3) is 5.77. The maximum Gasteiger partial charge on any atom is 0.250 e. The van der Waals surface area contributed by atoms with Crippen LogP contribution in [0.5, 0.6) is 11.5 Å². The molecule has 0 spiro atoms. The van der Waals surface area contributed by atoms with Crippen LogP contribution in [0.25, 0.3) is 10.4 Å². The molecule has 0 aliphatic rings. The molecule has 0 radical (unpaired) electrons. The van der Waals surface area contributed by atoms with Crippen LogP contribution in [0.1, 0.15) is 43.3 Å². The summed E-state index contributed by atoms with van der Waals surface area (Å²) in [5, 5.41) is 3.92. The van der Waals surface area contributed by atoms with Crippen molar-refractivity contribution in [3.63, 3.8) is 0 Å². The van der Waals surface area contributed by atoms with E-state index in [9.17, 15) is 0 Å². The molecule has 33 heavy (non-hydrogen) atoms. The van der Waals surface area contributed by atoms with Crippen LogP contribution in [0.4, 0.5) is 5.95 Å². The third-order valence-electron chi connectivity index (χ3n) is 6.41. The molecule has 1 heterocycles. The number of hydrogen-bond donors (Lipinski definition) is 0. The number of benzene rings is 2. The topological polar surface area (TPSA) is 85.0 Å². The van der Waals surface area contributed by atoms with Gasteiger partial charge in [-0.25, -0.2) is 4.98 Å². The number of aromatic nitrogens is 2. The molecule has 3 rings (SSSR count). The molecular weight excluding hydrogens is 430 g/mol. The Hall–Kier alpha value is -3.22. The molecule has 0 unspecified atom stereocenters. The number of hydrogen-bond acceptors (Lipinski definition) is 4. The van der Waals surface area contributed by atoms with E-state index < -0.39 is 8.32 Å². The number of methoxy groups -OCH3 is 1. The quantitative estimate of drug-likeness (QED) is 0.157. The summed E-state index contributed by atoms with van der Waals surface area (Å²) in [6, 6.07) is 16.2. The first-order valence-corrected chi connectivity index (χ1v) is 14.0. The summed E-state index contributed by atoms with van der Waals surface area (Å²) in [5.41, 5.74) is 13.1. The number of ether oxygens (including phenoxy) is 1. The Labute approximate surface area is 197 Å². The Morgan fingerprint density at radius 2 is 1.52 bits per heavy atom. The van der Waals surface area contributed by atoms with Gasteiger partial charge in [-0.05, 0) is 64.2 Å². The first-order chi connectivity index (χ1) is 15.5. The predicted octanol–water partition coefficient (Wildman–Crippen LogP) is 6.94. The van der Waals surface area contributed by atoms with Gasteiger partial charge < -0.3 is 13.7 Å². The lowest BCUT2D eigenvalue weighted by Gasteiger charge is -2.36. The van der Waals surface area contributed by atoms with Crippen LogP contribution in [0.15, 0.2) is 53.6 Å². The van der Waals surface area contributed by atoms with Gasteiger partial charge in [-0.1, -0.05) is 45.0 Å². The molecule has 0 aliphatic heterocycles. The van der Waals surface area contributed by atoms with Crippen molar-refractivity contribution in [1.82, 2.24) is 9.55 Å². The minimum atomic E-state index is -1.88. The van der Waals surface area contributed by atoms with Gasteiger partial charge in [0.25, 0.3) is 0 Å². The summed E-state index contributed by atoms with van der Waals surface area (Å²) < 4.78 is 13.5. The summed E-state index contributed by atoms with van der Waals surface area (Å²) in [4.78, 5) is 7.55. The Morgan fingerprint density at radius 1 is 0.970 bits per heavy atom. The van der Waals surface area contributed by atoms with E-state index in [-0.39, 0.29) is 5.04 Å². The van der Waals surface area contributed by atoms with Gasteiger partial charge in [0.05, 0.1) is 12.8 Å². The molecule has 3 aromatic rings. The van der Waals surface area contributed by atoms with Gasteiger partial charge in [-0.15, -0.1) is 0 Å². The van der Waals surface area contributed by atoms with E-state index in [1.54, 1.807) is 7.11 Å². The van der Waals surface area contributed by atoms with Gasteiger partial charge in [0.1, 0.15) is 11.5 Å². The predicted molar refractivity (Wildman–Crippen MR) is 135 cm³/mol. The van der Waals surface area contributed by atoms with Gasteiger partial charge in [0.2, 0.25) is 8.32 Å². The lowest BCUT2D eigenvalue weighted by Crippen LogP contribution is -2.43. The largest absolute Gasteiger partial charge is 0.544 e. The Balaban J connectivity index is 1.85. The molecule has 1 aromatic heterocycles. The highest BCUT2D eigenvalue weighted by Gasteiger charge is 2.38. The zero-order valence-corrected chi connectivity index (χ0v) is 21.6. The molecule has 0 atom stereocenters. The monoisotopic (exact) mass is 463 g/mol. The van der Waals surface area contributed by atoms with E-state index in [2.05, 4.69) is 61.0 Å². The van der Waals surface area contributed by atoms with Crippen LogP contribution in [0, 0.1) is 0 Å². The minimum absolute atomic E-state index is 0.147. The summed E-state index contributed by atoms with van der Waals surface area (Å²) in [6.45, 7) is 11.2. The molecule has 0 aliphatic carbocycles. The van der Waals surface area contributed by atoms with Crippen LogP contribution in [-0.4, -0.2) is 25.0 Å². The zero-order valence-electron chi connectivity index (χ0n) is 20.6. The van der Waals surface area contributed by atoms with E-state index in [1.807, 2.05) is 48.0 Å². The molecule has 0 N–H and O–H groups in total. The molecule has 7 nitrogen and oxygen atoms in total. The lowest BCUT2D eigenvalue weighted by molar-refractivity contribution is 0.414. The van der Waals surface area contributed by atoms with Crippen molar-refractivity contribution in [1.29, 1.82) is 0 Å². The van der Waals surface area contributed by atoms with Crippen molar-refractivity contribution in [3.05, 3.63) is 81.5 Å². The number of azide groups is 1. The van der Waals surface area contributed by atoms with Gasteiger partial charge in [0, 0.05) is 30.5 Å². The average molecular weight is 464 g/mol. The molecule has 0 bridgehead atoms. The summed E-state index contributed by atoms with van der Waals surface area (Å²) in [6.07, 6.45) is 1.32. The van der Waals surface area contributed by atoms with Crippen LogP contribution in [0.3, 0.4) is 0 Å². The Kier molecular flexibility index (Phi) is 7.20. The van der Waals surface area contributed by atoms with E-state index >= 15 is 0 Å². The standard InChI is InChI=1S/C25H33N5O2Si/c1-25(2,3)33(6,7)32-21-14-10-19(11-15-21)17-23-22(27-24(28-29-26)30(23)4)16-18-8-12-20(31-5)13-9-18/h8-15H,16-17H2,1-7H3. The fourth-order valence-electron chi connectivity index (χ4n) is 3.32. The lowest BCUT2D eigenvalue weighted by atomic mass is 10.0. The summed E-state index contributed by atoms with van der Waals surface area (Å²) >= 11 is 0.